The maximum atomic E-state index is 12.0. The van der Waals surface area contributed by atoms with Gasteiger partial charge < -0.3 is 4.74 Å². The maximum Gasteiger partial charge on any atom is 0.243 e. The van der Waals surface area contributed by atoms with Crippen molar-refractivity contribution in [2.24, 2.45) is 7.05 Å². The van der Waals surface area contributed by atoms with Crippen LogP contribution in [-0.2, 0) is 17.1 Å². The van der Waals surface area contributed by atoms with E-state index in [1.807, 2.05) is 19.9 Å². The average Bonchev–Trinajstić information content (AvgIpc) is 2.91. The third-order valence-corrected chi connectivity index (χ3v) is 5.04. The smallest absolute Gasteiger partial charge is 0.243 e. The Hall–Kier alpha value is -1.86. The molecule has 0 atom stereocenters. The number of benzene rings is 1. The summed E-state index contributed by atoms with van der Waals surface area (Å²) in [6, 6.07) is 4.12. The van der Waals surface area contributed by atoms with E-state index in [-0.39, 0.29) is 4.90 Å². The van der Waals surface area contributed by atoms with Gasteiger partial charge in [-0.05, 0) is 49.9 Å². The second kappa shape index (κ2) is 7.14. The lowest BCUT2D eigenvalue weighted by Gasteiger charge is -2.12. The predicted molar refractivity (Wildman–Crippen MR) is 89.2 cm³/mol. The van der Waals surface area contributed by atoms with Crippen molar-refractivity contribution in [3.63, 3.8) is 0 Å². The number of sulfonamides is 1. The molecule has 1 N–H and O–H groups in total. The standard InChI is InChI=1S/C16H23N3O3S/c1-12-8-13(2)14(3)16(9-12)22-7-5-6-18-23(20,21)15-10-17-19(4)11-15/h8-11,18H,5-7H2,1-4H3. The van der Waals surface area contributed by atoms with Crippen LogP contribution in [0.2, 0.25) is 0 Å². The van der Waals surface area contributed by atoms with E-state index in [1.54, 1.807) is 7.05 Å². The summed E-state index contributed by atoms with van der Waals surface area (Å²) in [5.41, 5.74) is 3.46. The molecule has 0 aliphatic carbocycles. The van der Waals surface area contributed by atoms with Crippen LogP contribution in [0.25, 0.3) is 0 Å². The van der Waals surface area contributed by atoms with E-state index in [1.165, 1.54) is 22.6 Å². The number of nitrogens with zero attached hydrogens (tertiary/aromatic N) is 2. The van der Waals surface area contributed by atoms with E-state index in [0.29, 0.717) is 19.6 Å². The summed E-state index contributed by atoms with van der Waals surface area (Å²) in [5, 5.41) is 3.87. The fourth-order valence-electron chi connectivity index (χ4n) is 2.23. The van der Waals surface area contributed by atoms with E-state index in [2.05, 4.69) is 22.8 Å². The lowest BCUT2D eigenvalue weighted by Crippen LogP contribution is -2.25. The van der Waals surface area contributed by atoms with Crippen LogP contribution in [-0.4, -0.2) is 31.3 Å². The van der Waals surface area contributed by atoms with E-state index in [4.69, 9.17) is 4.74 Å². The largest absolute Gasteiger partial charge is 0.493 e. The molecule has 0 saturated heterocycles. The molecule has 0 aliphatic heterocycles. The van der Waals surface area contributed by atoms with Gasteiger partial charge in [0.15, 0.2) is 0 Å². The summed E-state index contributed by atoms with van der Waals surface area (Å²) in [6.45, 7) is 6.88. The summed E-state index contributed by atoms with van der Waals surface area (Å²) < 4.78 is 33.8. The van der Waals surface area contributed by atoms with Gasteiger partial charge in [-0.3, -0.25) is 4.68 Å². The van der Waals surface area contributed by atoms with E-state index in [0.717, 1.165) is 16.9 Å². The highest BCUT2D eigenvalue weighted by molar-refractivity contribution is 7.89. The van der Waals surface area contributed by atoms with Crippen LogP contribution in [0.1, 0.15) is 23.1 Å². The number of hydrogen-bond donors (Lipinski definition) is 1. The number of rotatable bonds is 7. The maximum absolute atomic E-state index is 12.0. The van der Waals surface area contributed by atoms with Gasteiger partial charge in [-0.1, -0.05) is 6.07 Å². The molecular formula is C16H23N3O3S. The third-order valence-electron chi connectivity index (χ3n) is 3.63. The first kappa shape index (κ1) is 17.5. The van der Waals surface area contributed by atoms with Gasteiger partial charge in [0.05, 0.1) is 12.8 Å². The minimum atomic E-state index is -3.50. The SMILES string of the molecule is Cc1cc(C)c(C)c(OCCCNS(=O)(=O)c2cnn(C)c2)c1. The molecule has 1 aromatic heterocycles. The van der Waals surface area contributed by atoms with Crippen LogP contribution in [0.5, 0.6) is 5.75 Å². The minimum absolute atomic E-state index is 0.172. The molecule has 0 radical (unpaired) electrons. The molecule has 0 fully saturated rings. The lowest BCUT2D eigenvalue weighted by atomic mass is 10.1. The number of aryl methyl sites for hydroxylation is 3. The number of nitrogens with one attached hydrogen (secondary N) is 1. The molecule has 0 saturated carbocycles. The first-order valence-corrected chi connectivity index (χ1v) is 8.97. The zero-order chi connectivity index (χ0) is 17.0. The second-order valence-electron chi connectivity index (χ2n) is 5.65. The molecule has 0 amide bonds. The summed E-state index contributed by atoms with van der Waals surface area (Å²) in [4.78, 5) is 0.172. The van der Waals surface area contributed by atoms with Gasteiger partial charge in [0, 0.05) is 19.8 Å². The van der Waals surface area contributed by atoms with Crippen LogP contribution in [0.4, 0.5) is 0 Å². The monoisotopic (exact) mass is 337 g/mol. The van der Waals surface area contributed by atoms with Gasteiger partial charge in [0.25, 0.3) is 0 Å². The topological polar surface area (TPSA) is 73.2 Å². The Kier molecular flexibility index (Phi) is 5.43. The Bertz CT molecular complexity index is 782. The molecular weight excluding hydrogens is 314 g/mol. The molecule has 126 valence electrons. The highest BCUT2D eigenvalue weighted by atomic mass is 32.2. The van der Waals surface area contributed by atoms with E-state index in [9.17, 15) is 8.42 Å². The fourth-order valence-corrected chi connectivity index (χ4v) is 3.29. The van der Waals surface area contributed by atoms with Crippen LogP contribution in [0, 0.1) is 20.8 Å². The molecule has 0 spiro atoms. The summed E-state index contributed by atoms with van der Waals surface area (Å²) in [5.74, 6) is 0.859. The molecule has 23 heavy (non-hydrogen) atoms. The molecule has 6 nitrogen and oxygen atoms in total. The van der Waals surface area contributed by atoms with E-state index < -0.39 is 10.0 Å². The zero-order valence-electron chi connectivity index (χ0n) is 14.0. The van der Waals surface area contributed by atoms with Crippen LogP contribution >= 0.6 is 0 Å². The van der Waals surface area contributed by atoms with Gasteiger partial charge >= 0.3 is 0 Å². The number of ether oxygens (including phenoxy) is 1. The van der Waals surface area contributed by atoms with Gasteiger partial charge in [-0.2, -0.15) is 5.10 Å². The minimum Gasteiger partial charge on any atom is -0.493 e. The Balaban J connectivity index is 1.82. The third kappa shape index (κ3) is 4.56. The second-order valence-corrected chi connectivity index (χ2v) is 7.42. The van der Waals surface area contributed by atoms with Crippen molar-refractivity contribution in [3.05, 3.63) is 41.2 Å². The fraction of sp³-hybridized carbons (Fsp3) is 0.438. The molecule has 0 unspecified atom stereocenters. The van der Waals surface area contributed by atoms with Gasteiger partial charge in [-0.25, -0.2) is 13.1 Å². The van der Waals surface area contributed by atoms with Gasteiger partial charge in [-0.15, -0.1) is 0 Å². The van der Waals surface area contributed by atoms with Crippen LogP contribution in [0.15, 0.2) is 29.4 Å². The first-order valence-electron chi connectivity index (χ1n) is 7.48. The molecule has 1 aromatic carbocycles. The average molecular weight is 337 g/mol. The van der Waals surface area contributed by atoms with Crippen molar-refractivity contribution < 1.29 is 13.2 Å². The van der Waals surface area contributed by atoms with Crippen molar-refractivity contribution >= 4 is 10.0 Å². The highest BCUT2D eigenvalue weighted by Crippen LogP contribution is 2.23. The van der Waals surface area contributed by atoms with E-state index >= 15 is 0 Å². The summed E-state index contributed by atoms with van der Waals surface area (Å²) in [7, 11) is -1.82. The molecule has 2 aromatic rings. The molecule has 1 heterocycles. The van der Waals surface area contributed by atoms with Crippen molar-refractivity contribution in [2.45, 2.75) is 32.1 Å². The van der Waals surface area contributed by atoms with Crippen LogP contribution < -0.4 is 9.46 Å². The van der Waals surface area contributed by atoms with Crippen molar-refractivity contribution in [1.82, 2.24) is 14.5 Å². The Morgan fingerprint density at radius 1 is 1.26 bits per heavy atom. The predicted octanol–water partition coefficient (Wildman–Crippen LogP) is 2.09. The van der Waals surface area contributed by atoms with Crippen LogP contribution in [0.3, 0.4) is 0 Å². The molecule has 2 rings (SSSR count). The van der Waals surface area contributed by atoms with Gasteiger partial charge in [0.2, 0.25) is 10.0 Å². The zero-order valence-corrected chi connectivity index (χ0v) is 14.8. The first-order chi connectivity index (χ1) is 10.8. The highest BCUT2D eigenvalue weighted by Gasteiger charge is 2.15. The Labute approximate surface area is 137 Å². The van der Waals surface area contributed by atoms with Crippen molar-refractivity contribution in [3.8, 4) is 5.75 Å². The molecule has 0 aliphatic rings. The van der Waals surface area contributed by atoms with Crippen molar-refractivity contribution in [2.75, 3.05) is 13.2 Å². The summed E-state index contributed by atoms with van der Waals surface area (Å²) in [6.07, 6.45) is 3.39. The molecule has 7 heteroatoms. The molecule has 0 bridgehead atoms. The summed E-state index contributed by atoms with van der Waals surface area (Å²) >= 11 is 0. The lowest BCUT2D eigenvalue weighted by molar-refractivity contribution is 0.309. The Morgan fingerprint density at radius 3 is 2.65 bits per heavy atom. The quantitative estimate of drug-likeness (QED) is 0.785. The normalized spacial score (nSPS) is 11.7. The Morgan fingerprint density at radius 2 is 2.00 bits per heavy atom. The van der Waals surface area contributed by atoms with Crippen molar-refractivity contribution in [1.29, 1.82) is 0 Å². The number of aromatic nitrogens is 2. The van der Waals surface area contributed by atoms with Gasteiger partial charge in [0.1, 0.15) is 10.6 Å². The number of hydrogen-bond acceptors (Lipinski definition) is 4.